The Kier molecular flexibility index (Phi) is 7.02. The molecule has 0 aliphatic heterocycles. The SMILES string of the molecule is CCOc1ccc(CN(C)CC(=O)Cc2cccc(C)c2)cc1OC. The van der Waals surface area contributed by atoms with Crippen molar-refractivity contribution in [2.45, 2.75) is 26.8 Å². The van der Waals surface area contributed by atoms with Crippen LogP contribution < -0.4 is 9.47 Å². The van der Waals surface area contributed by atoms with Crippen LogP contribution in [0, 0.1) is 6.92 Å². The van der Waals surface area contributed by atoms with Crippen LogP contribution in [-0.4, -0.2) is 38.0 Å². The molecule has 0 bridgehead atoms. The largest absolute Gasteiger partial charge is 0.493 e. The summed E-state index contributed by atoms with van der Waals surface area (Å²) in [5.74, 6) is 1.68. The average Bonchev–Trinajstić information content (AvgIpc) is 2.56. The van der Waals surface area contributed by atoms with Crippen molar-refractivity contribution in [2.24, 2.45) is 0 Å². The highest BCUT2D eigenvalue weighted by atomic mass is 16.5. The van der Waals surface area contributed by atoms with E-state index in [0.29, 0.717) is 26.1 Å². The Balaban J connectivity index is 1.93. The van der Waals surface area contributed by atoms with Crippen molar-refractivity contribution in [3.63, 3.8) is 0 Å². The van der Waals surface area contributed by atoms with Gasteiger partial charge >= 0.3 is 0 Å². The molecule has 0 aromatic heterocycles. The number of methoxy groups -OCH3 is 1. The number of carbonyl (C=O) groups excluding carboxylic acids is 1. The Bertz CT molecular complexity index is 712. The lowest BCUT2D eigenvalue weighted by Gasteiger charge is -2.17. The third-order valence-electron chi connectivity index (χ3n) is 3.91. The smallest absolute Gasteiger partial charge is 0.161 e. The zero-order chi connectivity index (χ0) is 18.2. The molecule has 2 aromatic rings. The van der Waals surface area contributed by atoms with Crippen LogP contribution in [0.4, 0.5) is 0 Å². The van der Waals surface area contributed by atoms with Crippen molar-refractivity contribution in [2.75, 3.05) is 27.3 Å². The van der Waals surface area contributed by atoms with Crippen LogP contribution in [0.15, 0.2) is 42.5 Å². The zero-order valence-electron chi connectivity index (χ0n) is 15.5. The summed E-state index contributed by atoms with van der Waals surface area (Å²) in [6.45, 7) is 5.69. The molecule has 4 heteroatoms. The number of hydrogen-bond acceptors (Lipinski definition) is 4. The van der Waals surface area contributed by atoms with Gasteiger partial charge in [-0.05, 0) is 44.2 Å². The minimum absolute atomic E-state index is 0.214. The molecular weight excluding hydrogens is 314 g/mol. The van der Waals surface area contributed by atoms with Gasteiger partial charge < -0.3 is 9.47 Å². The monoisotopic (exact) mass is 341 g/mol. The van der Waals surface area contributed by atoms with Crippen molar-refractivity contribution in [1.82, 2.24) is 4.90 Å². The summed E-state index contributed by atoms with van der Waals surface area (Å²) >= 11 is 0. The van der Waals surface area contributed by atoms with Crippen LogP contribution in [0.5, 0.6) is 11.5 Å². The summed E-state index contributed by atoms with van der Waals surface area (Å²) in [4.78, 5) is 14.3. The Morgan fingerprint density at radius 1 is 1.08 bits per heavy atom. The fourth-order valence-corrected chi connectivity index (χ4v) is 2.86. The van der Waals surface area contributed by atoms with Crippen molar-refractivity contribution in [3.8, 4) is 11.5 Å². The fraction of sp³-hybridized carbons (Fsp3) is 0.381. The molecule has 0 N–H and O–H groups in total. The molecule has 0 amide bonds. The first kappa shape index (κ1) is 19.0. The number of ether oxygens (including phenoxy) is 2. The minimum atomic E-state index is 0.214. The summed E-state index contributed by atoms with van der Waals surface area (Å²) in [6, 6.07) is 14.0. The molecule has 0 saturated heterocycles. The molecular formula is C21H27NO3. The molecule has 2 rings (SSSR count). The second kappa shape index (κ2) is 9.23. The summed E-state index contributed by atoms with van der Waals surface area (Å²) in [5.41, 5.74) is 3.34. The molecule has 0 aliphatic carbocycles. The van der Waals surface area contributed by atoms with E-state index >= 15 is 0 Å². The van der Waals surface area contributed by atoms with Gasteiger partial charge in [-0.25, -0.2) is 0 Å². The van der Waals surface area contributed by atoms with Crippen molar-refractivity contribution >= 4 is 5.78 Å². The van der Waals surface area contributed by atoms with Gasteiger partial charge in [-0.2, -0.15) is 0 Å². The van der Waals surface area contributed by atoms with E-state index in [-0.39, 0.29) is 5.78 Å². The highest BCUT2D eigenvalue weighted by Crippen LogP contribution is 2.28. The summed E-state index contributed by atoms with van der Waals surface area (Å²) in [6.07, 6.45) is 0.471. The number of likely N-dealkylation sites (N-methyl/N-ethyl adjacent to an activating group) is 1. The van der Waals surface area contributed by atoms with Gasteiger partial charge in [0.15, 0.2) is 17.3 Å². The second-order valence-corrected chi connectivity index (χ2v) is 6.30. The zero-order valence-corrected chi connectivity index (χ0v) is 15.5. The molecule has 4 nitrogen and oxygen atoms in total. The molecule has 0 atom stereocenters. The van der Waals surface area contributed by atoms with Gasteiger partial charge in [-0.3, -0.25) is 9.69 Å². The lowest BCUT2D eigenvalue weighted by atomic mass is 10.1. The van der Waals surface area contributed by atoms with E-state index in [9.17, 15) is 4.79 Å². The molecule has 0 unspecified atom stereocenters. The molecule has 0 saturated carbocycles. The number of Topliss-reactive ketones (excluding diaryl/α,β-unsaturated/α-hetero) is 1. The summed E-state index contributed by atoms with van der Waals surface area (Å²) < 4.78 is 10.9. The number of rotatable bonds is 9. The molecule has 0 spiro atoms. The van der Waals surface area contributed by atoms with E-state index in [0.717, 1.165) is 22.6 Å². The molecule has 0 heterocycles. The predicted molar refractivity (Wildman–Crippen MR) is 100 cm³/mol. The van der Waals surface area contributed by atoms with Crippen LogP contribution in [0.25, 0.3) is 0 Å². The van der Waals surface area contributed by atoms with Crippen molar-refractivity contribution < 1.29 is 14.3 Å². The summed E-state index contributed by atoms with van der Waals surface area (Å²) in [7, 11) is 3.59. The number of benzene rings is 2. The van der Waals surface area contributed by atoms with Crippen LogP contribution in [0.3, 0.4) is 0 Å². The van der Waals surface area contributed by atoms with Crippen LogP contribution in [-0.2, 0) is 17.8 Å². The summed E-state index contributed by atoms with van der Waals surface area (Å²) in [5, 5.41) is 0. The maximum absolute atomic E-state index is 12.3. The van der Waals surface area contributed by atoms with Gasteiger partial charge in [-0.15, -0.1) is 0 Å². The Morgan fingerprint density at radius 3 is 2.56 bits per heavy atom. The van der Waals surface area contributed by atoms with Gasteiger partial charge in [0.05, 0.1) is 20.3 Å². The van der Waals surface area contributed by atoms with Crippen LogP contribution >= 0.6 is 0 Å². The number of ketones is 1. The number of nitrogens with zero attached hydrogens (tertiary/aromatic N) is 1. The molecule has 25 heavy (non-hydrogen) atoms. The highest BCUT2D eigenvalue weighted by molar-refractivity contribution is 5.82. The second-order valence-electron chi connectivity index (χ2n) is 6.30. The molecule has 0 aliphatic rings. The van der Waals surface area contributed by atoms with Crippen LogP contribution in [0.1, 0.15) is 23.6 Å². The van der Waals surface area contributed by atoms with E-state index in [1.54, 1.807) is 7.11 Å². The first-order chi connectivity index (χ1) is 12.0. The molecule has 134 valence electrons. The van der Waals surface area contributed by atoms with E-state index in [2.05, 4.69) is 6.07 Å². The Labute approximate surface area is 150 Å². The topological polar surface area (TPSA) is 38.8 Å². The Morgan fingerprint density at radius 2 is 1.88 bits per heavy atom. The lowest BCUT2D eigenvalue weighted by Crippen LogP contribution is -2.26. The Hall–Kier alpha value is -2.33. The fourth-order valence-electron chi connectivity index (χ4n) is 2.86. The third-order valence-corrected chi connectivity index (χ3v) is 3.91. The van der Waals surface area contributed by atoms with Gasteiger partial charge in [0.2, 0.25) is 0 Å². The van der Waals surface area contributed by atoms with E-state index in [1.165, 1.54) is 5.56 Å². The molecule has 2 aromatic carbocycles. The van der Waals surface area contributed by atoms with Crippen molar-refractivity contribution in [1.29, 1.82) is 0 Å². The minimum Gasteiger partial charge on any atom is -0.493 e. The standard InChI is InChI=1S/C21H27NO3/c1-5-25-20-10-9-18(13-21(20)24-4)14-22(3)15-19(23)12-17-8-6-7-16(2)11-17/h6-11,13H,5,12,14-15H2,1-4H3. The molecule has 0 radical (unpaired) electrons. The lowest BCUT2D eigenvalue weighted by molar-refractivity contribution is -0.119. The third kappa shape index (κ3) is 5.91. The van der Waals surface area contributed by atoms with Crippen molar-refractivity contribution in [3.05, 3.63) is 59.2 Å². The van der Waals surface area contributed by atoms with Crippen LogP contribution in [0.2, 0.25) is 0 Å². The highest BCUT2D eigenvalue weighted by Gasteiger charge is 2.11. The maximum Gasteiger partial charge on any atom is 0.161 e. The normalized spacial score (nSPS) is 10.8. The number of carbonyl (C=O) groups is 1. The maximum atomic E-state index is 12.3. The average molecular weight is 341 g/mol. The quantitative estimate of drug-likeness (QED) is 0.698. The first-order valence-corrected chi connectivity index (χ1v) is 8.57. The van der Waals surface area contributed by atoms with E-state index in [4.69, 9.17) is 9.47 Å². The van der Waals surface area contributed by atoms with E-state index in [1.807, 2.05) is 62.2 Å². The van der Waals surface area contributed by atoms with E-state index < -0.39 is 0 Å². The first-order valence-electron chi connectivity index (χ1n) is 8.57. The van der Waals surface area contributed by atoms with Gasteiger partial charge in [0, 0.05) is 13.0 Å². The van der Waals surface area contributed by atoms with Gasteiger partial charge in [-0.1, -0.05) is 35.9 Å². The molecule has 0 fully saturated rings. The van der Waals surface area contributed by atoms with Gasteiger partial charge in [0.25, 0.3) is 0 Å². The predicted octanol–water partition coefficient (Wildman–Crippen LogP) is 3.65. The number of aryl methyl sites for hydroxylation is 1. The van der Waals surface area contributed by atoms with Gasteiger partial charge in [0.1, 0.15) is 0 Å². The number of hydrogen-bond donors (Lipinski definition) is 0.